The molecule has 1 saturated heterocycles. The van der Waals surface area contributed by atoms with Crippen molar-refractivity contribution >= 4 is 30.1 Å². The first-order chi connectivity index (χ1) is 20.9. The van der Waals surface area contributed by atoms with E-state index in [1.807, 2.05) is 12.1 Å². The highest BCUT2D eigenvalue weighted by Gasteiger charge is 2.53. The zero-order valence-corrected chi connectivity index (χ0v) is 25.4. The lowest BCUT2D eigenvalue weighted by molar-refractivity contribution is -0.158. The van der Waals surface area contributed by atoms with E-state index in [4.69, 9.17) is 23.7 Å². The second-order valence-electron chi connectivity index (χ2n) is 11.0. The Balaban J connectivity index is 1.86. The minimum absolute atomic E-state index is 0.0135. The van der Waals surface area contributed by atoms with Crippen molar-refractivity contribution in [2.24, 2.45) is 5.92 Å². The Bertz CT molecular complexity index is 1340. The number of hydrogen-bond acceptors (Lipinski definition) is 10. The van der Waals surface area contributed by atoms with Gasteiger partial charge in [0.25, 0.3) is 0 Å². The molecule has 1 aliphatic heterocycles. The molecule has 236 valence electrons. The van der Waals surface area contributed by atoms with Crippen LogP contribution in [0.2, 0.25) is 0 Å². The molecule has 1 N–H and O–H groups in total. The average Bonchev–Trinajstić information content (AvgIpc) is 3.40. The minimum atomic E-state index is -1.37. The van der Waals surface area contributed by atoms with E-state index < -0.39 is 53.7 Å². The van der Waals surface area contributed by atoms with E-state index in [-0.39, 0.29) is 31.8 Å². The van der Waals surface area contributed by atoms with Gasteiger partial charge in [-0.1, -0.05) is 66.7 Å². The fraction of sp³-hybridized carbons (Fsp3) is 0.406. The van der Waals surface area contributed by atoms with Gasteiger partial charge in [-0.15, -0.1) is 0 Å². The Hall–Kier alpha value is -4.87. The zero-order valence-electron chi connectivity index (χ0n) is 25.4. The minimum Gasteiger partial charge on any atom is -0.469 e. The second-order valence-corrected chi connectivity index (χ2v) is 11.0. The Kier molecular flexibility index (Phi) is 11.9. The number of carbonyl (C=O) groups excluding carboxylic acids is 5. The first-order valence-electron chi connectivity index (χ1n) is 14.0. The van der Waals surface area contributed by atoms with Crippen LogP contribution in [0.15, 0.2) is 72.4 Å². The second kappa shape index (κ2) is 15.6. The molecule has 0 saturated carbocycles. The SMILES string of the molecule is COC(=O)/C(=C\C[C@@H]1C[C@@H](C(=O)OC)[C@@H](C(=O)OCc2ccccc2)N1C(=O)OC(C)(C)C)NC(=O)OCc1ccccc1. The van der Waals surface area contributed by atoms with Gasteiger partial charge in [-0.25, -0.2) is 19.2 Å². The standard InChI is InChI=1S/C32H38N2O10/c1-32(2,3)44-31(39)34-23(16-17-25(28(36)41-5)33-30(38)43-20-22-14-10-7-11-15-22)18-24(27(35)40-4)26(34)29(37)42-19-21-12-8-6-9-13-21/h6-15,17,23-24,26H,16,18-20H2,1-5H3,(H,33,38)/b25-17+/t23-,24-,26+/m1/s1. The van der Waals surface area contributed by atoms with Crippen LogP contribution in [0.25, 0.3) is 0 Å². The molecule has 1 aliphatic rings. The normalized spacial score (nSPS) is 18.2. The van der Waals surface area contributed by atoms with Crippen LogP contribution in [0, 0.1) is 5.92 Å². The summed E-state index contributed by atoms with van der Waals surface area (Å²) in [5.41, 5.74) is 0.272. The fourth-order valence-electron chi connectivity index (χ4n) is 4.63. The molecule has 0 radical (unpaired) electrons. The van der Waals surface area contributed by atoms with Crippen LogP contribution in [-0.4, -0.2) is 66.9 Å². The number of nitrogens with one attached hydrogen (secondary N) is 1. The number of hydrogen-bond donors (Lipinski definition) is 1. The van der Waals surface area contributed by atoms with Gasteiger partial charge in [0.05, 0.1) is 20.1 Å². The predicted molar refractivity (Wildman–Crippen MR) is 156 cm³/mol. The lowest BCUT2D eigenvalue weighted by Crippen LogP contribution is -2.50. The summed E-state index contributed by atoms with van der Waals surface area (Å²) in [5, 5.41) is 2.37. The van der Waals surface area contributed by atoms with Crippen LogP contribution in [0.4, 0.5) is 9.59 Å². The first kappa shape index (κ1) is 33.6. The molecule has 0 aliphatic carbocycles. The molecule has 44 heavy (non-hydrogen) atoms. The molecule has 0 spiro atoms. The molecular formula is C32H38N2O10. The van der Waals surface area contributed by atoms with Crippen molar-refractivity contribution in [3.63, 3.8) is 0 Å². The highest BCUT2D eigenvalue weighted by atomic mass is 16.6. The van der Waals surface area contributed by atoms with Crippen LogP contribution in [-0.2, 0) is 51.3 Å². The highest BCUT2D eigenvalue weighted by Crippen LogP contribution is 2.35. The largest absolute Gasteiger partial charge is 0.469 e. The maximum absolute atomic E-state index is 13.5. The van der Waals surface area contributed by atoms with Gasteiger partial charge in [0.2, 0.25) is 0 Å². The molecule has 0 bridgehead atoms. The number of nitrogens with zero attached hydrogens (tertiary/aromatic N) is 1. The molecule has 1 fully saturated rings. The number of carbonyl (C=O) groups is 5. The van der Waals surface area contributed by atoms with E-state index in [1.165, 1.54) is 13.2 Å². The molecule has 3 atom stereocenters. The Morgan fingerprint density at radius 3 is 1.93 bits per heavy atom. The number of likely N-dealkylation sites (tertiary alicyclic amines) is 1. The Morgan fingerprint density at radius 2 is 1.41 bits per heavy atom. The van der Waals surface area contributed by atoms with Crippen LogP contribution >= 0.6 is 0 Å². The number of ether oxygens (including phenoxy) is 5. The summed E-state index contributed by atoms with van der Waals surface area (Å²) in [6.07, 6.45) is -0.516. The van der Waals surface area contributed by atoms with Gasteiger partial charge in [0, 0.05) is 6.04 Å². The summed E-state index contributed by atoms with van der Waals surface area (Å²) in [5.74, 6) is -3.49. The number of methoxy groups -OCH3 is 2. The van der Waals surface area contributed by atoms with E-state index in [9.17, 15) is 24.0 Å². The van der Waals surface area contributed by atoms with Gasteiger partial charge in [0.15, 0.2) is 0 Å². The molecular weight excluding hydrogens is 572 g/mol. The molecule has 2 amide bonds. The molecule has 12 heteroatoms. The summed E-state index contributed by atoms with van der Waals surface area (Å²) in [6, 6.07) is 15.7. The van der Waals surface area contributed by atoms with E-state index in [0.717, 1.165) is 17.6 Å². The third-order valence-electron chi connectivity index (χ3n) is 6.62. The number of rotatable bonds is 10. The van der Waals surface area contributed by atoms with Crippen molar-refractivity contribution in [1.82, 2.24) is 10.2 Å². The molecule has 2 aromatic carbocycles. The van der Waals surface area contributed by atoms with Gasteiger partial charge < -0.3 is 23.7 Å². The third-order valence-corrected chi connectivity index (χ3v) is 6.62. The monoisotopic (exact) mass is 610 g/mol. The maximum atomic E-state index is 13.5. The van der Waals surface area contributed by atoms with Crippen molar-refractivity contribution in [1.29, 1.82) is 0 Å². The van der Waals surface area contributed by atoms with Crippen molar-refractivity contribution in [3.05, 3.63) is 83.6 Å². The summed E-state index contributed by atoms with van der Waals surface area (Å²) in [4.78, 5) is 66.0. The quantitative estimate of drug-likeness (QED) is 0.235. The van der Waals surface area contributed by atoms with Gasteiger partial charge in [-0.05, 0) is 44.7 Å². The molecule has 0 aromatic heterocycles. The number of benzene rings is 2. The Morgan fingerprint density at radius 1 is 0.841 bits per heavy atom. The molecule has 12 nitrogen and oxygen atoms in total. The number of esters is 3. The van der Waals surface area contributed by atoms with Crippen LogP contribution in [0.1, 0.15) is 44.7 Å². The Labute approximate surface area is 256 Å². The lowest BCUT2D eigenvalue weighted by atomic mass is 9.98. The van der Waals surface area contributed by atoms with Gasteiger partial charge in [-0.2, -0.15) is 0 Å². The van der Waals surface area contributed by atoms with Crippen LogP contribution in [0.5, 0.6) is 0 Å². The fourth-order valence-corrected chi connectivity index (χ4v) is 4.63. The van der Waals surface area contributed by atoms with Crippen molar-refractivity contribution < 1.29 is 47.7 Å². The lowest BCUT2D eigenvalue weighted by Gasteiger charge is -2.32. The van der Waals surface area contributed by atoms with Gasteiger partial charge in [-0.3, -0.25) is 15.0 Å². The summed E-state index contributed by atoms with van der Waals surface area (Å²) in [6.45, 7) is 4.87. The number of alkyl carbamates (subject to hydrolysis) is 1. The van der Waals surface area contributed by atoms with Crippen LogP contribution < -0.4 is 5.32 Å². The topological polar surface area (TPSA) is 147 Å². The van der Waals surface area contributed by atoms with Gasteiger partial charge >= 0.3 is 30.1 Å². The van der Waals surface area contributed by atoms with E-state index in [0.29, 0.717) is 5.56 Å². The molecule has 0 unspecified atom stereocenters. The summed E-state index contributed by atoms with van der Waals surface area (Å²) < 4.78 is 26.1. The van der Waals surface area contributed by atoms with E-state index in [1.54, 1.807) is 69.3 Å². The first-order valence-corrected chi connectivity index (χ1v) is 14.0. The molecule has 1 heterocycles. The summed E-state index contributed by atoms with van der Waals surface area (Å²) in [7, 11) is 2.32. The predicted octanol–water partition coefficient (Wildman–Crippen LogP) is 4.27. The molecule has 2 aromatic rings. The maximum Gasteiger partial charge on any atom is 0.412 e. The average molecular weight is 611 g/mol. The van der Waals surface area contributed by atoms with Crippen LogP contribution in [0.3, 0.4) is 0 Å². The van der Waals surface area contributed by atoms with Gasteiger partial charge in [0.1, 0.15) is 30.6 Å². The van der Waals surface area contributed by atoms with Crippen molar-refractivity contribution in [2.75, 3.05) is 14.2 Å². The van der Waals surface area contributed by atoms with E-state index >= 15 is 0 Å². The third kappa shape index (κ3) is 9.58. The summed E-state index contributed by atoms with van der Waals surface area (Å²) >= 11 is 0. The number of amides is 2. The van der Waals surface area contributed by atoms with E-state index in [2.05, 4.69) is 5.32 Å². The zero-order chi connectivity index (χ0) is 32.3. The van der Waals surface area contributed by atoms with Crippen molar-refractivity contribution in [2.45, 2.75) is 64.5 Å². The molecule has 3 rings (SSSR count). The highest BCUT2D eigenvalue weighted by molar-refractivity contribution is 5.92. The van der Waals surface area contributed by atoms with Crippen molar-refractivity contribution in [3.8, 4) is 0 Å². The smallest absolute Gasteiger partial charge is 0.412 e.